The summed E-state index contributed by atoms with van der Waals surface area (Å²) < 4.78 is 23.6. The molecule has 0 rings (SSSR count). The van der Waals surface area contributed by atoms with Gasteiger partial charge in [0.05, 0.1) is 39.9 Å². The van der Waals surface area contributed by atoms with Crippen LogP contribution in [-0.4, -0.2) is 73.4 Å². The van der Waals surface area contributed by atoms with Crippen molar-refractivity contribution >= 4 is 13.7 Å². The molecule has 0 spiro atoms. The Morgan fingerprint density at radius 2 is 0.917 bits per heavy atom. The average molecular weight is 868 g/mol. The first kappa shape index (κ1) is 58.7. The fraction of sp³-hybridized carbons (Fsp3) is 0.863. The molecular formula is C51H100N2O6P+. The van der Waals surface area contributed by atoms with E-state index in [1.807, 2.05) is 27.2 Å². The molecule has 0 heterocycles. The van der Waals surface area contributed by atoms with Gasteiger partial charge in [0.2, 0.25) is 5.91 Å². The van der Waals surface area contributed by atoms with Crippen LogP contribution in [-0.2, 0) is 18.4 Å². The molecule has 0 radical (unpaired) electrons. The first-order valence-electron chi connectivity index (χ1n) is 25.4. The molecule has 9 heteroatoms. The Morgan fingerprint density at radius 1 is 0.550 bits per heavy atom. The summed E-state index contributed by atoms with van der Waals surface area (Å²) in [7, 11) is 1.56. The molecule has 3 N–H and O–H groups in total. The van der Waals surface area contributed by atoms with Gasteiger partial charge < -0.3 is 19.8 Å². The van der Waals surface area contributed by atoms with Crippen molar-refractivity contribution in [1.82, 2.24) is 5.32 Å². The lowest BCUT2D eigenvalue weighted by Crippen LogP contribution is -2.45. The van der Waals surface area contributed by atoms with Crippen molar-refractivity contribution in [2.75, 3.05) is 40.9 Å². The van der Waals surface area contributed by atoms with E-state index >= 15 is 0 Å². The van der Waals surface area contributed by atoms with Crippen molar-refractivity contribution in [1.29, 1.82) is 0 Å². The Hall–Kier alpha value is -1.28. The van der Waals surface area contributed by atoms with Gasteiger partial charge in [-0.05, 0) is 57.8 Å². The van der Waals surface area contributed by atoms with Gasteiger partial charge in [0.25, 0.3) is 0 Å². The van der Waals surface area contributed by atoms with E-state index in [0.29, 0.717) is 17.4 Å². The van der Waals surface area contributed by atoms with Gasteiger partial charge in [-0.15, -0.1) is 0 Å². The van der Waals surface area contributed by atoms with Crippen LogP contribution in [0.1, 0.15) is 232 Å². The Morgan fingerprint density at radius 3 is 1.33 bits per heavy atom. The lowest BCUT2D eigenvalue weighted by atomic mass is 10.0. The normalized spacial score (nSPS) is 14.4. The smallest absolute Gasteiger partial charge is 0.387 e. The third-order valence-corrected chi connectivity index (χ3v) is 12.3. The molecule has 3 unspecified atom stereocenters. The van der Waals surface area contributed by atoms with E-state index < -0.39 is 20.0 Å². The lowest BCUT2D eigenvalue weighted by molar-refractivity contribution is -0.870. The van der Waals surface area contributed by atoms with Gasteiger partial charge in [-0.1, -0.05) is 204 Å². The molecule has 0 aromatic carbocycles. The topological polar surface area (TPSA) is 105 Å². The minimum absolute atomic E-state index is 0.0560. The fourth-order valence-electron chi connectivity index (χ4n) is 7.29. The van der Waals surface area contributed by atoms with Gasteiger partial charge in [0.15, 0.2) is 0 Å². The number of likely N-dealkylation sites (N-methyl/N-ethyl adjacent to an activating group) is 1. The van der Waals surface area contributed by atoms with Crippen LogP contribution >= 0.6 is 7.82 Å². The standard InChI is InChI=1S/C51H99N2O6P/c1-6-8-10-12-14-16-18-20-21-22-23-24-25-26-27-28-29-30-31-33-35-37-39-41-43-45-51(55)52-49(48-59-60(56,57)58-47-46-53(3,4)5)50(54)44-42-40-38-36-34-32-19-17-15-13-11-9-7-2/h26-27,34,36,42,44,49-50,54H,6-25,28-33,35,37-41,43,45-48H2,1-5H3,(H-,52,55,56,57)/p+1/b27-26-,36-34+,44-42+. The molecule has 0 aromatic rings. The number of hydrogen-bond acceptors (Lipinski definition) is 5. The summed E-state index contributed by atoms with van der Waals surface area (Å²) >= 11 is 0. The molecular weight excluding hydrogens is 768 g/mol. The summed E-state index contributed by atoms with van der Waals surface area (Å²) in [4.78, 5) is 23.2. The lowest BCUT2D eigenvalue weighted by Gasteiger charge is -2.25. The van der Waals surface area contributed by atoms with Crippen LogP contribution in [0.5, 0.6) is 0 Å². The molecule has 0 saturated heterocycles. The number of phosphoric ester groups is 1. The van der Waals surface area contributed by atoms with E-state index in [0.717, 1.165) is 38.5 Å². The van der Waals surface area contributed by atoms with E-state index in [-0.39, 0.29) is 19.1 Å². The first-order chi connectivity index (χ1) is 29.0. The molecule has 0 aliphatic heterocycles. The highest BCUT2D eigenvalue weighted by atomic mass is 31.2. The summed E-state index contributed by atoms with van der Waals surface area (Å²) in [5.74, 6) is -0.189. The van der Waals surface area contributed by atoms with E-state index in [1.165, 1.54) is 173 Å². The number of aliphatic hydroxyl groups excluding tert-OH is 1. The molecule has 0 aliphatic carbocycles. The zero-order valence-corrected chi connectivity index (χ0v) is 41.1. The monoisotopic (exact) mass is 868 g/mol. The maximum absolute atomic E-state index is 12.9. The third kappa shape index (κ3) is 44.8. The van der Waals surface area contributed by atoms with Crippen molar-refractivity contribution in [2.24, 2.45) is 0 Å². The van der Waals surface area contributed by atoms with E-state index in [1.54, 1.807) is 6.08 Å². The van der Waals surface area contributed by atoms with Crippen molar-refractivity contribution < 1.29 is 32.9 Å². The van der Waals surface area contributed by atoms with Crippen molar-refractivity contribution in [2.45, 2.75) is 244 Å². The van der Waals surface area contributed by atoms with E-state index in [9.17, 15) is 19.4 Å². The van der Waals surface area contributed by atoms with Gasteiger partial charge in [-0.2, -0.15) is 0 Å². The molecule has 0 fully saturated rings. The number of amides is 1. The minimum atomic E-state index is -4.35. The maximum atomic E-state index is 12.9. The average Bonchev–Trinajstić information content (AvgIpc) is 3.20. The summed E-state index contributed by atoms with van der Waals surface area (Å²) in [5, 5.41) is 13.8. The maximum Gasteiger partial charge on any atom is 0.472 e. The minimum Gasteiger partial charge on any atom is -0.387 e. The van der Waals surface area contributed by atoms with Crippen LogP contribution < -0.4 is 5.32 Å². The molecule has 3 atom stereocenters. The number of unbranched alkanes of at least 4 members (excludes halogenated alkanes) is 29. The summed E-state index contributed by atoms with van der Waals surface area (Å²) in [5.41, 5.74) is 0. The van der Waals surface area contributed by atoms with Gasteiger partial charge >= 0.3 is 7.82 Å². The number of allylic oxidation sites excluding steroid dienone is 5. The predicted molar refractivity (Wildman–Crippen MR) is 258 cm³/mol. The van der Waals surface area contributed by atoms with Gasteiger partial charge in [-0.3, -0.25) is 13.8 Å². The second-order valence-corrected chi connectivity index (χ2v) is 20.0. The number of nitrogens with one attached hydrogen (secondary N) is 1. The second-order valence-electron chi connectivity index (χ2n) is 18.5. The van der Waals surface area contributed by atoms with Crippen molar-refractivity contribution in [3.05, 3.63) is 36.5 Å². The Kier molecular flexibility index (Phi) is 42.1. The Labute approximate surface area is 372 Å². The first-order valence-corrected chi connectivity index (χ1v) is 26.9. The van der Waals surface area contributed by atoms with Gasteiger partial charge in [0.1, 0.15) is 13.2 Å². The molecule has 0 bridgehead atoms. The number of carbonyl (C=O) groups excluding carboxylic acids is 1. The highest BCUT2D eigenvalue weighted by Gasteiger charge is 2.27. The zero-order valence-electron chi connectivity index (χ0n) is 40.2. The number of aliphatic hydroxyl groups is 1. The highest BCUT2D eigenvalue weighted by Crippen LogP contribution is 2.43. The van der Waals surface area contributed by atoms with Crippen molar-refractivity contribution in [3.63, 3.8) is 0 Å². The number of nitrogens with zero attached hydrogens (tertiary/aromatic N) is 1. The van der Waals surface area contributed by atoms with Crippen LogP contribution in [0.15, 0.2) is 36.5 Å². The van der Waals surface area contributed by atoms with E-state index in [2.05, 4.69) is 43.5 Å². The second kappa shape index (κ2) is 43.0. The van der Waals surface area contributed by atoms with Crippen molar-refractivity contribution in [3.8, 4) is 0 Å². The highest BCUT2D eigenvalue weighted by molar-refractivity contribution is 7.47. The van der Waals surface area contributed by atoms with Crippen LogP contribution in [0.4, 0.5) is 0 Å². The number of rotatable bonds is 46. The van der Waals surface area contributed by atoms with E-state index in [4.69, 9.17) is 9.05 Å². The molecule has 8 nitrogen and oxygen atoms in total. The number of carbonyl (C=O) groups is 1. The van der Waals surface area contributed by atoms with Gasteiger partial charge in [-0.25, -0.2) is 4.57 Å². The summed E-state index contributed by atoms with van der Waals surface area (Å²) in [6.07, 6.45) is 53.8. The van der Waals surface area contributed by atoms with Crippen LogP contribution in [0, 0.1) is 0 Å². The summed E-state index contributed by atoms with van der Waals surface area (Å²) in [6.45, 7) is 4.79. The molecule has 0 aromatic heterocycles. The number of phosphoric acid groups is 1. The summed E-state index contributed by atoms with van der Waals surface area (Å²) in [6, 6.07) is -0.862. The molecule has 0 aliphatic rings. The number of hydrogen-bond donors (Lipinski definition) is 3. The predicted octanol–water partition coefficient (Wildman–Crippen LogP) is 14.6. The van der Waals surface area contributed by atoms with Gasteiger partial charge in [0, 0.05) is 6.42 Å². The zero-order chi connectivity index (χ0) is 44.3. The molecule has 354 valence electrons. The molecule has 0 saturated carbocycles. The fourth-order valence-corrected chi connectivity index (χ4v) is 8.02. The third-order valence-electron chi connectivity index (χ3n) is 11.3. The van der Waals surface area contributed by atoms with Crippen LogP contribution in [0.3, 0.4) is 0 Å². The number of quaternary nitrogens is 1. The Bertz CT molecular complexity index is 1070. The largest absolute Gasteiger partial charge is 0.472 e. The van der Waals surface area contributed by atoms with Crippen LogP contribution in [0.2, 0.25) is 0 Å². The molecule has 1 amide bonds. The quantitative estimate of drug-likeness (QED) is 0.0244. The molecule has 60 heavy (non-hydrogen) atoms. The SMILES string of the molecule is CCCCCCCCC/C=C/CC/C=C/C(O)C(COP(=O)(O)OCC[N+](C)(C)C)NC(=O)CCCCCCCCCCC/C=C\CCCCCCCCCCCCCC. The van der Waals surface area contributed by atoms with Crippen LogP contribution in [0.25, 0.3) is 0 Å². The Balaban J connectivity index is 4.23.